The van der Waals surface area contributed by atoms with E-state index in [1.54, 1.807) is 0 Å². The number of nitrogens with zero attached hydrogens (tertiary/aromatic N) is 1. The number of carbonyl (C=O) groups is 1. The third-order valence-electron chi connectivity index (χ3n) is 2.12. The van der Waals surface area contributed by atoms with Crippen molar-refractivity contribution in [1.29, 1.82) is 0 Å². The van der Waals surface area contributed by atoms with Gasteiger partial charge in [-0.05, 0) is 18.6 Å². The molecule has 0 N–H and O–H groups in total. The van der Waals surface area contributed by atoms with Crippen LogP contribution in [0.15, 0.2) is 0 Å². The molecule has 1 aliphatic rings. The molecule has 1 aliphatic heterocycles. The molecule has 84 valence electrons. The van der Waals surface area contributed by atoms with Gasteiger partial charge in [-0.3, -0.25) is 4.79 Å². The van der Waals surface area contributed by atoms with Gasteiger partial charge >= 0.3 is 0 Å². The first-order valence-corrected chi connectivity index (χ1v) is 6.85. The highest BCUT2D eigenvalue weighted by Gasteiger charge is 2.16. The monoisotopic (exact) mass is 217 g/mol. The number of amides is 1. The molecule has 0 saturated carbocycles. The van der Waals surface area contributed by atoms with Crippen LogP contribution in [-0.2, 0) is 4.79 Å². The van der Waals surface area contributed by atoms with Gasteiger partial charge in [0.25, 0.3) is 0 Å². The molecule has 1 rings (SSSR count). The molecular formula is C11H23NOS. The van der Waals surface area contributed by atoms with Gasteiger partial charge in [-0.2, -0.15) is 11.8 Å². The third kappa shape index (κ3) is 5.53. The Morgan fingerprint density at radius 2 is 1.86 bits per heavy atom. The molecule has 0 aromatic rings. The van der Waals surface area contributed by atoms with Crippen LogP contribution in [0.5, 0.6) is 0 Å². The quantitative estimate of drug-likeness (QED) is 0.675. The zero-order chi connectivity index (χ0) is 10.8. The topological polar surface area (TPSA) is 20.3 Å². The van der Waals surface area contributed by atoms with Crippen LogP contribution < -0.4 is 0 Å². The van der Waals surface area contributed by atoms with E-state index in [0.717, 1.165) is 31.0 Å². The van der Waals surface area contributed by atoms with Gasteiger partial charge in [-0.15, -0.1) is 0 Å². The normalized spacial score (nSPS) is 14.9. The zero-order valence-corrected chi connectivity index (χ0v) is 10.5. The van der Waals surface area contributed by atoms with E-state index in [4.69, 9.17) is 0 Å². The maximum atomic E-state index is 11.4. The second-order valence-corrected chi connectivity index (χ2v) is 4.43. The molecule has 0 aliphatic carbocycles. The minimum Gasteiger partial charge on any atom is -0.343 e. The highest BCUT2D eigenvalue weighted by molar-refractivity contribution is 7.99. The highest BCUT2D eigenvalue weighted by atomic mass is 32.2. The van der Waals surface area contributed by atoms with Crippen LogP contribution in [0.1, 0.15) is 40.0 Å². The number of carbonyl (C=O) groups excluding carboxylic acids is 1. The van der Waals surface area contributed by atoms with E-state index in [9.17, 15) is 4.79 Å². The molecule has 0 bridgehead atoms. The summed E-state index contributed by atoms with van der Waals surface area (Å²) in [4.78, 5) is 13.4. The lowest BCUT2D eigenvalue weighted by Gasteiger charge is -2.14. The van der Waals surface area contributed by atoms with Crippen LogP contribution in [-0.4, -0.2) is 35.4 Å². The van der Waals surface area contributed by atoms with E-state index in [1.165, 1.54) is 12.8 Å². The van der Waals surface area contributed by atoms with E-state index in [-0.39, 0.29) is 0 Å². The van der Waals surface area contributed by atoms with Crippen molar-refractivity contribution < 1.29 is 4.79 Å². The second-order valence-electron chi connectivity index (χ2n) is 3.03. The molecule has 1 heterocycles. The van der Waals surface area contributed by atoms with Gasteiger partial charge in [-0.1, -0.05) is 20.8 Å². The molecule has 0 atom stereocenters. The molecule has 0 aromatic carbocycles. The van der Waals surface area contributed by atoms with Gasteiger partial charge in [0.1, 0.15) is 0 Å². The Bertz CT molecular complexity index is 144. The minimum absolute atomic E-state index is 0.355. The van der Waals surface area contributed by atoms with Crippen LogP contribution >= 0.6 is 11.8 Å². The van der Waals surface area contributed by atoms with E-state index in [0.29, 0.717) is 5.91 Å². The molecule has 1 amide bonds. The first-order valence-electron chi connectivity index (χ1n) is 5.70. The standard InChI is InChI=1S/C9H17NOS.C2H6/c1-2-12-8-5-9(11)10-6-3-4-7-10;1-2/h2-8H2,1H3;1-2H3. The molecule has 2 nitrogen and oxygen atoms in total. The van der Waals surface area contributed by atoms with E-state index >= 15 is 0 Å². The Kier molecular flexibility index (Phi) is 9.26. The maximum absolute atomic E-state index is 11.4. The Hall–Kier alpha value is -0.180. The predicted octanol–water partition coefficient (Wildman–Crippen LogP) is 2.78. The van der Waals surface area contributed by atoms with Crippen LogP contribution in [0.2, 0.25) is 0 Å². The fraction of sp³-hybridized carbons (Fsp3) is 0.909. The van der Waals surface area contributed by atoms with Crippen molar-refractivity contribution in [2.75, 3.05) is 24.6 Å². The third-order valence-corrected chi connectivity index (χ3v) is 3.02. The molecule has 0 aromatic heterocycles. The molecule has 0 spiro atoms. The lowest BCUT2D eigenvalue weighted by atomic mass is 10.4. The van der Waals surface area contributed by atoms with Crippen LogP contribution in [0.3, 0.4) is 0 Å². The summed E-state index contributed by atoms with van der Waals surface area (Å²) in [6, 6.07) is 0. The van der Waals surface area contributed by atoms with Crippen molar-refractivity contribution in [1.82, 2.24) is 4.90 Å². The Morgan fingerprint density at radius 1 is 1.29 bits per heavy atom. The van der Waals surface area contributed by atoms with E-state index in [2.05, 4.69) is 6.92 Å². The average Bonchev–Trinajstić information content (AvgIpc) is 2.74. The van der Waals surface area contributed by atoms with Gasteiger partial charge in [0, 0.05) is 25.3 Å². The fourth-order valence-electron chi connectivity index (χ4n) is 1.43. The SMILES string of the molecule is CC.CCSCCC(=O)N1CCCC1. The minimum atomic E-state index is 0.355. The number of rotatable bonds is 4. The Labute approximate surface area is 92.4 Å². The lowest BCUT2D eigenvalue weighted by molar-refractivity contribution is -0.129. The van der Waals surface area contributed by atoms with Gasteiger partial charge in [-0.25, -0.2) is 0 Å². The van der Waals surface area contributed by atoms with Gasteiger partial charge < -0.3 is 4.90 Å². The van der Waals surface area contributed by atoms with Gasteiger partial charge in [0.2, 0.25) is 5.91 Å². The lowest BCUT2D eigenvalue weighted by Crippen LogP contribution is -2.27. The predicted molar refractivity (Wildman–Crippen MR) is 64.8 cm³/mol. The van der Waals surface area contributed by atoms with Crippen LogP contribution in [0.25, 0.3) is 0 Å². The highest BCUT2D eigenvalue weighted by Crippen LogP contribution is 2.10. The smallest absolute Gasteiger partial charge is 0.223 e. The number of hydrogen-bond donors (Lipinski definition) is 0. The van der Waals surface area contributed by atoms with E-state index in [1.807, 2.05) is 30.5 Å². The molecule has 0 unspecified atom stereocenters. The summed E-state index contributed by atoms with van der Waals surface area (Å²) in [5, 5.41) is 0. The van der Waals surface area contributed by atoms with E-state index < -0.39 is 0 Å². The summed E-state index contributed by atoms with van der Waals surface area (Å²) in [5.41, 5.74) is 0. The fourth-order valence-corrected chi connectivity index (χ4v) is 2.04. The summed E-state index contributed by atoms with van der Waals surface area (Å²) in [7, 11) is 0. The second kappa shape index (κ2) is 9.38. The van der Waals surface area contributed by atoms with Gasteiger partial charge in [0.05, 0.1) is 0 Å². The Morgan fingerprint density at radius 3 is 2.36 bits per heavy atom. The van der Waals surface area contributed by atoms with Crippen molar-refractivity contribution in [3.8, 4) is 0 Å². The van der Waals surface area contributed by atoms with Crippen molar-refractivity contribution in [2.24, 2.45) is 0 Å². The first-order chi connectivity index (χ1) is 6.84. The Balaban J connectivity index is 0.000000791. The molecule has 1 saturated heterocycles. The summed E-state index contributed by atoms with van der Waals surface area (Å²) >= 11 is 1.85. The maximum Gasteiger partial charge on any atom is 0.223 e. The molecule has 1 fully saturated rings. The molecular weight excluding hydrogens is 194 g/mol. The number of likely N-dealkylation sites (tertiary alicyclic amines) is 1. The largest absolute Gasteiger partial charge is 0.343 e. The van der Waals surface area contributed by atoms with Crippen molar-refractivity contribution in [2.45, 2.75) is 40.0 Å². The molecule has 14 heavy (non-hydrogen) atoms. The summed E-state index contributed by atoms with van der Waals surface area (Å²) in [6.07, 6.45) is 3.14. The van der Waals surface area contributed by atoms with Crippen LogP contribution in [0.4, 0.5) is 0 Å². The average molecular weight is 217 g/mol. The first kappa shape index (κ1) is 13.8. The summed E-state index contributed by atoms with van der Waals surface area (Å²) in [6.45, 7) is 8.12. The molecule has 3 heteroatoms. The van der Waals surface area contributed by atoms with Gasteiger partial charge in [0.15, 0.2) is 0 Å². The molecule has 0 radical (unpaired) electrons. The number of hydrogen-bond acceptors (Lipinski definition) is 2. The van der Waals surface area contributed by atoms with Crippen molar-refractivity contribution in [3.05, 3.63) is 0 Å². The van der Waals surface area contributed by atoms with Crippen LogP contribution in [0, 0.1) is 0 Å². The summed E-state index contributed by atoms with van der Waals surface area (Å²) < 4.78 is 0. The zero-order valence-electron chi connectivity index (χ0n) is 9.71. The summed E-state index contributed by atoms with van der Waals surface area (Å²) in [5.74, 6) is 2.47. The van der Waals surface area contributed by atoms with Crippen molar-refractivity contribution in [3.63, 3.8) is 0 Å². The van der Waals surface area contributed by atoms with Crippen molar-refractivity contribution >= 4 is 17.7 Å². The number of thioether (sulfide) groups is 1.